The van der Waals surface area contributed by atoms with Gasteiger partial charge < -0.3 is 19.1 Å². The van der Waals surface area contributed by atoms with E-state index < -0.39 is 12.0 Å². The second kappa shape index (κ2) is 6.58. The lowest BCUT2D eigenvalue weighted by Gasteiger charge is -2.22. The lowest BCUT2D eigenvalue weighted by Crippen LogP contribution is -2.41. The summed E-state index contributed by atoms with van der Waals surface area (Å²) in [6.45, 7) is 0.367. The topological polar surface area (TPSA) is 65.1 Å². The maximum Gasteiger partial charge on any atom is 0.328 e. The van der Waals surface area contributed by atoms with Crippen LogP contribution in [0, 0.1) is 0 Å². The Morgan fingerprint density at radius 3 is 2.62 bits per heavy atom. The van der Waals surface area contributed by atoms with Gasteiger partial charge in [-0.1, -0.05) is 6.07 Å². The molecule has 1 aromatic rings. The summed E-state index contributed by atoms with van der Waals surface area (Å²) in [7, 11) is 4.42. The predicted octanol–water partition coefficient (Wildman–Crippen LogP) is 1.10. The first kappa shape index (κ1) is 15.3. The van der Waals surface area contributed by atoms with E-state index in [1.165, 1.54) is 19.1 Å². The summed E-state index contributed by atoms with van der Waals surface area (Å²) < 4.78 is 15.2. The lowest BCUT2D eigenvalue weighted by atomic mass is 10.1. The third-order valence-electron chi connectivity index (χ3n) is 3.65. The molecule has 1 aromatic carbocycles. The molecular weight excluding hydrogens is 274 g/mol. The Labute approximate surface area is 123 Å². The SMILES string of the molecule is COC(=O)C1CC(OC)CN1C(=O)c1cccc(OC)c1. The number of hydrogen-bond donors (Lipinski definition) is 0. The van der Waals surface area contributed by atoms with Crippen molar-refractivity contribution < 1.29 is 23.8 Å². The van der Waals surface area contributed by atoms with Crippen molar-refractivity contribution >= 4 is 11.9 Å². The van der Waals surface area contributed by atoms with Crippen molar-refractivity contribution in [1.82, 2.24) is 4.90 Å². The third kappa shape index (κ3) is 3.16. The number of methoxy groups -OCH3 is 3. The van der Waals surface area contributed by atoms with Crippen LogP contribution >= 0.6 is 0 Å². The van der Waals surface area contributed by atoms with Gasteiger partial charge in [0.25, 0.3) is 5.91 Å². The smallest absolute Gasteiger partial charge is 0.328 e. The second-order valence-electron chi connectivity index (χ2n) is 4.82. The van der Waals surface area contributed by atoms with Crippen LogP contribution in [0.1, 0.15) is 16.8 Å². The molecule has 1 amide bonds. The van der Waals surface area contributed by atoms with E-state index in [0.29, 0.717) is 24.3 Å². The molecular formula is C15H19NO5. The summed E-state index contributed by atoms with van der Waals surface area (Å²) in [5.41, 5.74) is 0.472. The molecule has 0 aliphatic carbocycles. The zero-order valence-corrected chi connectivity index (χ0v) is 12.4. The van der Waals surface area contributed by atoms with Gasteiger partial charge in [0.1, 0.15) is 11.8 Å². The number of esters is 1. The summed E-state index contributed by atoms with van der Waals surface area (Å²) >= 11 is 0. The average molecular weight is 293 g/mol. The van der Waals surface area contributed by atoms with Gasteiger partial charge in [0.15, 0.2) is 0 Å². The van der Waals surface area contributed by atoms with Crippen LogP contribution in [0.3, 0.4) is 0 Å². The highest BCUT2D eigenvalue weighted by molar-refractivity contribution is 5.97. The van der Waals surface area contributed by atoms with Gasteiger partial charge in [0.05, 0.1) is 20.3 Å². The van der Waals surface area contributed by atoms with Crippen molar-refractivity contribution in [3.63, 3.8) is 0 Å². The molecule has 6 nitrogen and oxygen atoms in total. The van der Waals surface area contributed by atoms with Crippen molar-refractivity contribution in [3.8, 4) is 5.75 Å². The Bertz CT molecular complexity index is 531. The highest BCUT2D eigenvalue weighted by Crippen LogP contribution is 2.24. The molecule has 0 bridgehead atoms. The maximum absolute atomic E-state index is 12.6. The Balaban J connectivity index is 2.24. The molecule has 0 aromatic heterocycles. The molecule has 2 rings (SSSR count). The zero-order valence-electron chi connectivity index (χ0n) is 12.4. The van der Waals surface area contributed by atoms with E-state index in [1.807, 2.05) is 0 Å². The number of carbonyl (C=O) groups is 2. The molecule has 0 spiro atoms. The van der Waals surface area contributed by atoms with Crippen LogP contribution in [-0.2, 0) is 14.3 Å². The molecule has 21 heavy (non-hydrogen) atoms. The molecule has 2 unspecified atom stereocenters. The van der Waals surface area contributed by atoms with Crippen LogP contribution in [0.15, 0.2) is 24.3 Å². The van der Waals surface area contributed by atoms with Crippen molar-refractivity contribution in [2.24, 2.45) is 0 Å². The molecule has 1 saturated heterocycles. The number of amides is 1. The van der Waals surface area contributed by atoms with Crippen LogP contribution in [0.4, 0.5) is 0 Å². The predicted molar refractivity (Wildman–Crippen MR) is 75.2 cm³/mol. The van der Waals surface area contributed by atoms with E-state index in [4.69, 9.17) is 14.2 Å². The fourth-order valence-corrected chi connectivity index (χ4v) is 2.47. The second-order valence-corrected chi connectivity index (χ2v) is 4.82. The van der Waals surface area contributed by atoms with Crippen LogP contribution in [0.5, 0.6) is 5.75 Å². The Hall–Kier alpha value is -2.08. The summed E-state index contributed by atoms with van der Waals surface area (Å²) in [6.07, 6.45) is 0.280. The van der Waals surface area contributed by atoms with Crippen LogP contribution < -0.4 is 4.74 Å². The molecule has 1 fully saturated rings. The maximum atomic E-state index is 12.6. The molecule has 6 heteroatoms. The Morgan fingerprint density at radius 1 is 1.24 bits per heavy atom. The Morgan fingerprint density at radius 2 is 2.00 bits per heavy atom. The van der Waals surface area contributed by atoms with E-state index in [-0.39, 0.29) is 12.0 Å². The van der Waals surface area contributed by atoms with Gasteiger partial charge in [-0.05, 0) is 18.2 Å². The number of benzene rings is 1. The van der Waals surface area contributed by atoms with Crippen molar-refractivity contribution in [3.05, 3.63) is 29.8 Å². The molecule has 114 valence electrons. The standard InChI is InChI=1S/C15H19NO5/c1-19-11-6-4-5-10(7-11)14(17)16-9-12(20-2)8-13(16)15(18)21-3/h4-7,12-13H,8-9H2,1-3H3. The first-order valence-electron chi connectivity index (χ1n) is 6.66. The molecule has 2 atom stereocenters. The molecule has 1 aliphatic rings. The van der Waals surface area contributed by atoms with Gasteiger partial charge in [-0.3, -0.25) is 4.79 Å². The van der Waals surface area contributed by atoms with Gasteiger partial charge in [-0.15, -0.1) is 0 Å². The van der Waals surface area contributed by atoms with E-state index in [0.717, 1.165) is 0 Å². The number of ether oxygens (including phenoxy) is 3. The van der Waals surface area contributed by atoms with Crippen molar-refractivity contribution in [2.45, 2.75) is 18.6 Å². The van der Waals surface area contributed by atoms with Crippen molar-refractivity contribution in [2.75, 3.05) is 27.9 Å². The first-order chi connectivity index (χ1) is 10.1. The number of hydrogen-bond acceptors (Lipinski definition) is 5. The van der Waals surface area contributed by atoms with E-state index >= 15 is 0 Å². The van der Waals surface area contributed by atoms with Crippen molar-refractivity contribution in [1.29, 1.82) is 0 Å². The summed E-state index contributed by atoms with van der Waals surface area (Å²) in [5, 5.41) is 0. The quantitative estimate of drug-likeness (QED) is 0.778. The molecule has 1 aliphatic heterocycles. The first-order valence-corrected chi connectivity index (χ1v) is 6.66. The minimum absolute atomic E-state index is 0.163. The highest BCUT2D eigenvalue weighted by atomic mass is 16.5. The molecule has 0 N–H and O–H groups in total. The highest BCUT2D eigenvalue weighted by Gasteiger charge is 2.40. The lowest BCUT2D eigenvalue weighted by molar-refractivity contribution is -0.145. The zero-order chi connectivity index (χ0) is 15.4. The average Bonchev–Trinajstić information content (AvgIpc) is 2.97. The van der Waals surface area contributed by atoms with Gasteiger partial charge in [0, 0.05) is 25.6 Å². The number of rotatable bonds is 4. The van der Waals surface area contributed by atoms with Gasteiger partial charge in [-0.25, -0.2) is 4.79 Å². The van der Waals surface area contributed by atoms with Gasteiger partial charge in [0.2, 0.25) is 0 Å². The summed E-state index contributed by atoms with van der Waals surface area (Å²) in [5.74, 6) is -0.0624. The number of carbonyl (C=O) groups excluding carboxylic acids is 2. The van der Waals surface area contributed by atoms with E-state index in [2.05, 4.69) is 0 Å². The molecule has 1 heterocycles. The molecule has 0 saturated carbocycles. The fourth-order valence-electron chi connectivity index (χ4n) is 2.47. The summed E-state index contributed by atoms with van der Waals surface area (Å²) in [4.78, 5) is 26.0. The molecule has 0 radical (unpaired) electrons. The third-order valence-corrected chi connectivity index (χ3v) is 3.65. The van der Waals surface area contributed by atoms with Gasteiger partial charge in [-0.2, -0.15) is 0 Å². The van der Waals surface area contributed by atoms with Crippen LogP contribution in [0.2, 0.25) is 0 Å². The van der Waals surface area contributed by atoms with Gasteiger partial charge >= 0.3 is 5.97 Å². The fraction of sp³-hybridized carbons (Fsp3) is 0.467. The van der Waals surface area contributed by atoms with E-state index in [9.17, 15) is 9.59 Å². The Kier molecular flexibility index (Phi) is 4.80. The minimum atomic E-state index is -0.612. The summed E-state index contributed by atoms with van der Waals surface area (Å²) in [6, 6.07) is 6.23. The van der Waals surface area contributed by atoms with E-state index in [1.54, 1.807) is 31.4 Å². The normalized spacial score (nSPS) is 21.2. The number of nitrogens with zero attached hydrogens (tertiary/aromatic N) is 1. The van der Waals surface area contributed by atoms with Crippen LogP contribution in [0.25, 0.3) is 0 Å². The van der Waals surface area contributed by atoms with Crippen LogP contribution in [-0.4, -0.2) is 56.8 Å². The minimum Gasteiger partial charge on any atom is -0.497 e. The largest absolute Gasteiger partial charge is 0.497 e. The monoisotopic (exact) mass is 293 g/mol. The number of likely N-dealkylation sites (tertiary alicyclic amines) is 1.